The zero-order valence-electron chi connectivity index (χ0n) is 21.8. The van der Waals surface area contributed by atoms with E-state index < -0.39 is 0 Å². The first-order valence-electron chi connectivity index (χ1n) is 14.1. The van der Waals surface area contributed by atoms with Crippen LogP contribution in [0.4, 0.5) is 0 Å². The molecule has 0 bridgehead atoms. The van der Waals surface area contributed by atoms with Gasteiger partial charge in [0.25, 0.3) is 0 Å². The maximum Gasteiger partial charge on any atom is 0.234 e. The molecular weight excluding hydrogens is 454 g/mol. The summed E-state index contributed by atoms with van der Waals surface area (Å²) in [7, 11) is 0. The van der Waals surface area contributed by atoms with Crippen LogP contribution in [0.5, 0.6) is 0 Å². The largest absolute Gasteiger partial charge is 0.459 e. The van der Waals surface area contributed by atoms with Gasteiger partial charge in [-0.1, -0.05) is 50.7 Å². The van der Waals surface area contributed by atoms with E-state index in [0.717, 1.165) is 63.5 Å². The number of carbonyl (C=O) groups is 2. The molecule has 2 amide bonds. The monoisotopic (exact) mass is 495 g/mol. The minimum atomic E-state index is -0.236. The van der Waals surface area contributed by atoms with Crippen molar-refractivity contribution in [2.45, 2.75) is 103 Å². The van der Waals surface area contributed by atoms with E-state index in [9.17, 15) is 14.7 Å². The number of hydrogen-bond acceptors (Lipinski definition) is 5. The number of aliphatic hydroxyl groups excluding tert-OH is 1. The summed E-state index contributed by atoms with van der Waals surface area (Å²) in [4.78, 5) is 28.8. The average Bonchev–Trinajstić information content (AvgIpc) is 3.59. The second kappa shape index (κ2) is 11.1. The number of nitrogens with zero attached hydrogens (tertiary/aromatic N) is 1. The van der Waals surface area contributed by atoms with Crippen LogP contribution in [0.3, 0.4) is 0 Å². The highest BCUT2D eigenvalue weighted by atomic mass is 16.5. The molecule has 2 saturated heterocycles. The Morgan fingerprint density at radius 3 is 2.58 bits per heavy atom. The van der Waals surface area contributed by atoms with Gasteiger partial charge >= 0.3 is 0 Å². The van der Waals surface area contributed by atoms with Crippen LogP contribution in [0.25, 0.3) is 6.08 Å². The molecule has 3 heterocycles. The summed E-state index contributed by atoms with van der Waals surface area (Å²) in [5.74, 6) is 1.12. The number of allylic oxidation sites excluding steroid dienone is 2. The Bertz CT molecular complexity index is 1030. The first-order chi connectivity index (χ1) is 17.5. The number of imide groups is 1. The molecule has 3 fully saturated rings. The summed E-state index contributed by atoms with van der Waals surface area (Å²) < 4.78 is 12.1. The summed E-state index contributed by atoms with van der Waals surface area (Å²) in [5.41, 5.74) is 3.98. The fraction of sp³-hybridized carbons (Fsp3) is 0.667. The number of furan rings is 1. The van der Waals surface area contributed by atoms with Gasteiger partial charge in [-0.05, 0) is 68.7 Å². The van der Waals surface area contributed by atoms with Crippen LogP contribution in [-0.4, -0.2) is 40.6 Å². The topological polar surface area (TPSA) is 80.0 Å². The highest BCUT2D eigenvalue weighted by Crippen LogP contribution is 2.51. The third kappa shape index (κ3) is 4.74. The van der Waals surface area contributed by atoms with Gasteiger partial charge in [-0.3, -0.25) is 14.5 Å². The first-order valence-corrected chi connectivity index (χ1v) is 14.1. The molecule has 2 aliphatic heterocycles. The molecule has 196 valence electrons. The third-order valence-electron chi connectivity index (χ3n) is 8.89. The number of hydrogen-bond donors (Lipinski definition) is 1. The van der Waals surface area contributed by atoms with Crippen molar-refractivity contribution in [3.63, 3.8) is 0 Å². The zero-order valence-corrected chi connectivity index (χ0v) is 21.8. The summed E-state index contributed by atoms with van der Waals surface area (Å²) in [6.45, 7) is 4.81. The Morgan fingerprint density at radius 1 is 1.08 bits per heavy atom. The van der Waals surface area contributed by atoms with Crippen molar-refractivity contribution < 1.29 is 23.8 Å². The Hall–Kier alpha value is -2.18. The molecule has 6 heteroatoms. The SMILES string of the molecule is CCC/C(=C\c1ccc(CO)o1)CC[C@H]1OC[C@H]2C1=C(CC)C[C@H]1C(=O)N(C3CCCCC3)C(=O)[C@H]12. The molecule has 4 aliphatic rings. The van der Waals surface area contributed by atoms with Crippen molar-refractivity contribution in [3.8, 4) is 0 Å². The van der Waals surface area contributed by atoms with E-state index in [1.54, 1.807) is 4.90 Å². The second-order valence-electron chi connectivity index (χ2n) is 11.1. The van der Waals surface area contributed by atoms with Crippen LogP contribution >= 0.6 is 0 Å². The molecular formula is C30H41NO5. The Labute approximate surface area is 214 Å². The lowest BCUT2D eigenvalue weighted by atomic mass is 9.69. The molecule has 0 aromatic carbocycles. The van der Waals surface area contributed by atoms with Gasteiger partial charge in [0.15, 0.2) is 0 Å². The standard InChI is InChI=1S/C30H41NO5/c1-3-8-19(15-22-12-13-23(17-32)36-22)11-14-26-27-20(4-2)16-24-28(25(27)18-35-26)30(34)31(29(24)33)21-9-6-5-7-10-21/h12-13,15,21,24-26,28,32H,3-11,14,16-18H2,1-2H3/b19-15+/t24-,25+,26-,28-/m1/s1. The molecule has 1 aromatic rings. The van der Waals surface area contributed by atoms with Crippen LogP contribution in [0.15, 0.2) is 33.3 Å². The van der Waals surface area contributed by atoms with Crippen molar-refractivity contribution >= 4 is 17.9 Å². The molecule has 5 rings (SSSR count). The third-order valence-corrected chi connectivity index (χ3v) is 8.89. The lowest BCUT2D eigenvalue weighted by molar-refractivity contribution is -0.143. The molecule has 36 heavy (non-hydrogen) atoms. The fourth-order valence-corrected chi connectivity index (χ4v) is 7.20. The van der Waals surface area contributed by atoms with E-state index >= 15 is 0 Å². The van der Waals surface area contributed by atoms with Gasteiger partial charge in [-0.2, -0.15) is 0 Å². The number of carbonyl (C=O) groups excluding carboxylic acids is 2. The molecule has 1 aromatic heterocycles. The molecule has 6 nitrogen and oxygen atoms in total. The Morgan fingerprint density at radius 2 is 1.89 bits per heavy atom. The summed E-state index contributed by atoms with van der Waals surface area (Å²) in [6.07, 6.45) is 12.9. The second-order valence-corrected chi connectivity index (χ2v) is 11.1. The molecule has 1 saturated carbocycles. The van der Waals surface area contributed by atoms with Crippen LogP contribution in [0.1, 0.15) is 96.0 Å². The summed E-state index contributed by atoms with van der Waals surface area (Å²) in [6, 6.07) is 3.82. The van der Waals surface area contributed by atoms with Gasteiger partial charge in [-0.15, -0.1) is 0 Å². The van der Waals surface area contributed by atoms with E-state index in [2.05, 4.69) is 19.9 Å². The van der Waals surface area contributed by atoms with Crippen molar-refractivity contribution in [2.75, 3.05) is 6.61 Å². The number of likely N-dealkylation sites (tertiary alicyclic amines) is 1. The van der Waals surface area contributed by atoms with E-state index in [4.69, 9.17) is 9.15 Å². The minimum absolute atomic E-state index is 0.0161. The lowest BCUT2D eigenvalue weighted by Gasteiger charge is -2.31. The van der Waals surface area contributed by atoms with Crippen molar-refractivity contribution in [2.24, 2.45) is 17.8 Å². The zero-order chi connectivity index (χ0) is 25.2. The quantitative estimate of drug-likeness (QED) is 0.346. The van der Waals surface area contributed by atoms with Crippen LogP contribution in [0, 0.1) is 17.8 Å². The van der Waals surface area contributed by atoms with Crippen LogP contribution < -0.4 is 0 Å². The van der Waals surface area contributed by atoms with E-state index in [1.807, 2.05) is 12.1 Å². The van der Waals surface area contributed by atoms with E-state index in [1.165, 1.54) is 23.1 Å². The van der Waals surface area contributed by atoms with Gasteiger partial charge in [0, 0.05) is 12.0 Å². The van der Waals surface area contributed by atoms with Gasteiger partial charge in [0.2, 0.25) is 11.8 Å². The minimum Gasteiger partial charge on any atom is -0.459 e. The molecule has 0 unspecified atom stereocenters. The molecule has 2 aliphatic carbocycles. The maximum absolute atomic E-state index is 13.7. The highest BCUT2D eigenvalue weighted by molar-refractivity contribution is 6.06. The van der Waals surface area contributed by atoms with E-state index in [-0.39, 0.29) is 48.3 Å². The molecule has 0 spiro atoms. The van der Waals surface area contributed by atoms with Crippen LogP contribution in [0.2, 0.25) is 0 Å². The van der Waals surface area contributed by atoms with Crippen molar-refractivity contribution in [1.29, 1.82) is 0 Å². The number of fused-ring (bicyclic) bond motifs is 3. The fourth-order valence-electron chi connectivity index (χ4n) is 7.20. The van der Waals surface area contributed by atoms with Crippen molar-refractivity contribution in [3.05, 3.63) is 40.4 Å². The predicted molar refractivity (Wildman–Crippen MR) is 138 cm³/mol. The van der Waals surface area contributed by atoms with Gasteiger partial charge in [0.1, 0.15) is 18.1 Å². The summed E-state index contributed by atoms with van der Waals surface area (Å²) >= 11 is 0. The summed E-state index contributed by atoms with van der Waals surface area (Å²) in [5, 5.41) is 9.30. The molecule has 4 atom stereocenters. The van der Waals surface area contributed by atoms with Gasteiger partial charge in [0.05, 0.1) is 24.5 Å². The number of rotatable bonds is 9. The first kappa shape index (κ1) is 25.5. The number of aliphatic hydroxyl groups is 1. The maximum atomic E-state index is 13.7. The average molecular weight is 496 g/mol. The highest BCUT2D eigenvalue weighted by Gasteiger charge is 2.57. The smallest absolute Gasteiger partial charge is 0.234 e. The Kier molecular flexibility index (Phi) is 7.82. The van der Waals surface area contributed by atoms with Crippen LogP contribution in [-0.2, 0) is 20.9 Å². The molecule has 0 radical (unpaired) electrons. The Balaban J connectivity index is 1.33. The van der Waals surface area contributed by atoms with Crippen molar-refractivity contribution in [1.82, 2.24) is 4.90 Å². The normalized spacial score (nSPS) is 29.3. The number of ether oxygens (including phenoxy) is 1. The van der Waals surface area contributed by atoms with E-state index in [0.29, 0.717) is 18.8 Å². The van der Waals surface area contributed by atoms with Gasteiger partial charge in [-0.25, -0.2) is 0 Å². The number of amides is 2. The molecule has 1 N–H and O–H groups in total. The lowest BCUT2D eigenvalue weighted by Crippen LogP contribution is -2.42. The van der Waals surface area contributed by atoms with Gasteiger partial charge < -0.3 is 14.3 Å². The predicted octanol–water partition coefficient (Wildman–Crippen LogP) is 5.79.